The maximum absolute atomic E-state index is 12.7. The van der Waals surface area contributed by atoms with Crippen LogP contribution >= 0.6 is 11.3 Å². The SMILES string of the molecule is C#CC.C/C=C\C.C=CCN=NN(C/C=C\C)OCCCC(=O)N1CCN(c2nc(C(=O)O)nc3sc(CC)cc23)CC1. The number of amides is 1. The largest absolute Gasteiger partial charge is 0.475 e. The minimum Gasteiger partial charge on any atom is -0.475 e. The molecule has 1 aliphatic rings. The summed E-state index contributed by atoms with van der Waals surface area (Å²) in [5, 5.41) is 19.7. The molecular weight excluding hydrogens is 566 g/mol. The summed E-state index contributed by atoms with van der Waals surface area (Å²) in [4.78, 5) is 44.2. The van der Waals surface area contributed by atoms with Gasteiger partial charge in [-0.05, 0) is 51.8 Å². The Bertz CT molecular complexity index is 1270. The van der Waals surface area contributed by atoms with Crippen LogP contribution in [0, 0.1) is 12.3 Å². The number of aromatic carboxylic acids is 1. The number of nitrogens with zero attached hydrogens (tertiary/aromatic N) is 7. The topological polar surface area (TPSA) is 124 Å². The van der Waals surface area contributed by atoms with Crippen LogP contribution < -0.4 is 4.90 Å². The van der Waals surface area contributed by atoms with Crippen LogP contribution in [0.5, 0.6) is 0 Å². The fourth-order valence-corrected chi connectivity index (χ4v) is 4.62. The molecule has 2 aromatic heterocycles. The van der Waals surface area contributed by atoms with Crippen LogP contribution in [0.25, 0.3) is 10.2 Å². The number of allylic oxidation sites excluding steroid dienone is 3. The molecule has 1 saturated heterocycles. The van der Waals surface area contributed by atoms with E-state index < -0.39 is 5.97 Å². The van der Waals surface area contributed by atoms with Gasteiger partial charge in [0, 0.05) is 37.5 Å². The van der Waals surface area contributed by atoms with Gasteiger partial charge in [0.1, 0.15) is 10.6 Å². The van der Waals surface area contributed by atoms with E-state index in [-0.39, 0.29) is 11.7 Å². The molecule has 0 aromatic carbocycles. The molecule has 1 fully saturated rings. The van der Waals surface area contributed by atoms with Crippen molar-refractivity contribution in [2.45, 2.75) is 53.9 Å². The quantitative estimate of drug-likeness (QED) is 0.0967. The lowest BCUT2D eigenvalue weighted by Crippen LogP contribution is -2.49. The molecule has 0 unspecified atom stereocenters. The highest BCUT2D eigenvalue weighted by Crippen LogP contribution is 2.32. The average Bonchev–Trinajstić information content (AvgIpc) is 3.45. The molecule has 1 N–H and O–H groups in total. The molecule has 0 spiro atoms. The first-order valence-electron chi connectivity index (χ1n) is 14.3. The summed E-state index contributed by atoms with van der Waals surface area (Å²) in [7, 11) is 0. The standard InChI is InChI=1S/C24H33N7O4S.C4H8.C3H4/c1-4-7-11-31(28-25-10-5-2)35-16-8-9-20(32)29-12-14-30(15-13-29)22-19-17-18(6-3)36-23(19)27-21(26-22)24(33)34;1-3-4-2;1-3-2/h4-5,7,17H,2,6,8-16H2,1,3H3,(H,33,34);3-4H,1-2H3;1H,2H3/b7-4-,28-25?;4-3-;. The molecule has 0 aliphatic carbocycles. The van der Waals surface area contributed by atoms with E-state index in [2.05, 4.69) is 46.2 Å². The lowest BCUT2D eigenvalue weighted by Gasteiger charge is -2.35. The average molecular weight is 612 g/mol. The Morgan fingerprint density at radius 3 is 2.44 bits per heavy atom. The van der Waals surface area contributed by atoms with Crippen molar-refractivity contribution in [1.29, 1.82) is 0 Å². The van der Waals surface area contributed by atoms with Crippen molar-refractivity contribution in [2.24, 2.45) is 10.3 Å². The molecule has 3 heterocycles. The normalized spacial score (nSPS) is 13.0. The number of hydroxylamine groups is 1. The predicted octanol–water partition coefficient (Wildman–Crippen LogP) is 5.97. The molecule has 2 aromatic rings. The van der Waals surface area contributed by atoms with Gasteiger partial charge in [0.05, 0.1) is 25.1 Å². The van der Waals surface area contributed by atoms with Crippen molar-refractivity contribution >= 4 is 39.2 Å². The van der Waals surface area contributed by atoms with Crippen LogP contribution in [0.1, 0.15) is 63.0 Å². The first-order chi connectivity index (χ1) is 20.8. The second-order valence-electron chi connectivity index (χ2n) is 9.03. The number of fused-ring (bicyclic) bond motifs is 1. The van der Waals surface area contributed by atoms with Crippen LogP contribution in [0.2, 0.25) is 0 Å². The monoisotopic (exact) mass is 611 g/mol. The Hall–Kier alpha value is -4.08. The zero-order valence-corrected chi connectivity index (χ0v) is 26.8. The fraction of sp³-hybridized carbons (Fsp3) is 0.484. The van der Waals surface area contributed by atoms with Crippen molar-refractivity contribution in [3.8, 4) is 12.3 Å². The summed E-state index contributed by atoms with van der Waals surface area (Å²) in [6.07, 6.45) is 15.8. The zero-order chi connectivity index (χ0) is 32.0. The van der Waals surface area contributed by atoms with Crippen molar-refractivity contribution in [3.63, 3.8) is 0 Å². The number of thiophene rings is 1. The molecule has 234 valence electrons. The number of hydrogen-bond acceptors (Lipinski definition) is 9. The number of terminal acetylenes is 1. The van der Waals surface area contributed by atoms with E-state index in [1.165, 1.54) is 16.5 Å². The Morgan fingerprint density at radius 2 is 1.88 bits per heavy atom. The summed E-state index contributed by atoms with van der Waals surface area (Å²) in [6, 6.07) is 2.04. The minimum atomic E-state index is -1.15. The molecule has 0 radical (unpaired) electrons. The Kier molecular flexibility index (Phi) is 18.6. The summed E-state index contributed by atoms with van der Waals surface area (Å²) in [5.74, 6) is 1.59. The highest BCUT2D eigenvalue weighted by molar-refractivity contribution is 7.18. The molecule has 0 bridgehead atoms. The van der Waals surface area contributed by atoms with E-state index in [9.17, 15) is 14.7 Å². The number of aromatic nitrogens is 2. The van der Waals surface area contributed by atoms with Crippen molar-refractivity contribution < 1.29 is 19.5 Å². The predicted molar refractivity (Wildman–Crippen MR) is 174 cm³/mol. The van der Waals surface area contributed by atoms with Gasteiger partial charge in [-0.2, -0.15) is 10.3 Å². The number of carboxylic acid groups (broad SMARTS) is 1. The van der Waals surface area contributed by atoms with Gasteiger partial charge in [-0.25, -0.2) is 14.8 Å². The van der Waals surface area contributed by atoms with Crippen LogP contribution in [0.3, 0.4) is 0 Å². The number of anilines is 1. The van der Waals surface area contributed by atoms with Gasteiger partial charge in [-0.3, -0.25) is 9.63 Å². The van der Waals surface area contributed by atoms with Crippen LogP contribution in [-0.2, 0) is 16.1 Å². The third kappa shape index (κ3) is 13.2. The number of aryl methyl sites for hydroxylation is 1. The van der Waals surface area contributed by atoms with Gasteiger partial charge in [0.2, 0.25) is 11.7 Å². The van der Waals surface area contributed by atoms with E-state index >= 15 is 0 Å². The van der Waals surface area contributed by atoms with Gasteiger partial charge in [-0.1, -0.05) is 37.3 Å². The molecule has 0 saturated carbocycles. The van der Waals surface area contributed by atoms with E-state index in [1.807, 2.05) is 60.9 Å². The molecule has 3 rings (SSSR count). The summed E-state index contributed by atoms with van der Waals surface area (Å²) in [6.45, 7) is 16.7. The minimum absolute atomic E-state index is 0.0643. The summed E-state index contributed by atoms with van der Waals surface area (Å²) in [5.41, 5.74) is 0. The van der Waals surface area contributed by atoms with E-state index in [1.54, 1.807) is 13.0 Å². The van der Waals surface area contributed by atoms with E-state index in [0.29, 0.717) is 69.4 Å². The van der Waals surface area contributed by atoms with Gasteiger partial charge < -0.3 is 14.9 Å². The highest BCUT2D eigenvalue weighted by atomic mass is 32.1. The number of carbonyl (C=O) groups excluding carboxylic acids is 1. The molecule has 0 atom stereocenters. The van der Waals surface area contributed by atoms with Crippen LogP contribution in [-0.4, -0.2) is 82.9 Å². The van der Waals surface area contributed by atoms with Crippen molar-refractivity contribution in [1.82, 2.24) is 20.0 Å². The van der Waals surface area contributed by atoms with Crippen molar-refractivity contribution in [2.75, 3.05) is 50.8 Å². The maximum Gasteiger partial charge on any atom is 0.374 e. The van der Waals surface area contributed by atoms with Gasteiger partial charge in [0.15, 0.2) is 0 Å². The van der Waals surface area contributed by atoms with Gasteiger partial charge >= 0.3 is 5.97 Å². The van der Waals surface area contributed by atoms with Crippen LogP contribution in [0.15, 0.2) is 53.4 Å². The second-order valence-corrected chi connectivity index (χ2v) is 10.1. The molecule has 1 aliphatic heterocycles. The summed E-state index contributed by atoms with van der Waals surface area (Å²) >= 11 is 1.49. The highest BCUT2D eigenvalue weighted by Gasteiger charge is 2.25. The zero-order valence-electron chi connectivity index (χ0n) is 26.0. The summed E-state index contributed by atoms with van der Waals surface area (Å²) < 4.78 is 0. The van der Waals surface area contributed by atoms with Crippen LogP contribution in [0.4, 0.5) is 5.82 Å². The second kappa shape index (κ2) is 21.6. The van der Waals surface area contributed by atoms with Gasteiger partial charge in [-0.15, -0.1) is 30.3 Å². The number of hydrogen-bond donors (Lipinski definition) is 1. The fourth-order valence-electron chi connectivity index (χ4n) is 3.66. The molecular formula is C31H45N7O4S. The first kappa shape index (κ1) is 36.9. The third-order valence-corrected chi connectivity index (χ3v) is 7.05. The molecule has 12 heteroatoms. The van der Waals surface area contributed by atoms with E-state index in [0.717, 1.165) is 16.7 Å². The lowest BCUT2D eigenvalue weighted by molar-refractivity contribution is -0.160. The van der Waals surface area contributed by atoms with E-state index in [4.69, 9.17) is 4.84 Å². The Labute approximate surface area is 259 Å². The van der Waals surface area contributed by atoms with Gasteiger partial charge in [0.25, 0.3) is 0 Å². The Balaban J connectivity index is 0.00000119. The molecule has 1 amide bonds. The number of rotatable bonds is 13. The first-order valence-corrected chi connectivity index (χ1v) is 15.1. The smallest absolute Gasteiger partial charge is 0.374 e. The number of piperazine rings is 1. The Morgan fingerprint density at radius 1 is 1.21 bits per heavy atom. The third-order valence-electron chi connectivity index (χ3n) is 5.87. The maximum atomic E-state index is 12.7. The molecule has 11 nitrogen and oxygen atoms in total. The van der Waals surface area contributed by atoms with Crippen molar-refractivity contribution in [3.05, 3.63) is 53.7 Å². The number of carbonyl (C=O) groups is 2. The molecule has 43 heavy (non-hydrogen) atoms. The number of carboxylic acids is 1. The lowest BCUT2D eigenvalue weighted by atomic mass is 10.2.